The normalized spacial score (nSPS) is 11.6. The van der Waals surface area contributed by atoms with Crippen molar-refractivity contribution in [3.05, 3.63) is 36.9 Å². The van der Waals surface area contributed by atoms with E-state index in [2.05, 4.69) is 11.9 Å². The Kier molecular flexibility index (Phi) is 5.63. The van der Waals surface area contributed by atoms with Crippen LogP contribution in [0.2, 0.25) is 0 Å². The van der Waals surface area contributed by atoms with Gasteiger partial charge in [-0.15, -0.1) is 18.3 Å². The first kappa shape index (κ1) is 13.6. The molecule has 0 spiro atoms. The lowest BCUT2D eigenvalue weighted by atomic mass is 10.3. The zero-order valence-electron chi connectivity index (χ0n) is 10.1. The summed E-state index contributed by atoms with van der Waals surface area (Å²) in [5.74, 6) is 0.811. The summed E-state index contributed by atoms with van der Waals surface area (Å²) in [5, 5.41) is 2.63. The van der Waals surface area contributed by atoms with Gasteiger partial charge in [0.15, 0.2) is 0 Å². The Morgan fingerprint density at radius 2 is 2.41 bits per heavy atom. The summed E-state index contributed by atoms with van der Waals surface area (Å²) in [6, 6.07) is 7.68. The monoisotopic (exact) mass is 251 g/mol. The molecular formula is C13H17NO2S. The summed E-state index contributed by atoms with van der Waals surface area (Å²) in [6.07, 6.45) is 1.67. The van der Waals surface area contributed by atoms with Crippen LogP contribution < -0.4 is 10.1 Å². The molecule has 4 heteroatoms. The van der Waals surface area contributed by atoms with Crippen molar-refractivity contribution >= 4 is 17.7 Å². The molecule has 0 saturated carbocycles. The van der Waals surface area contributed by atoms with E-state index in [4.69, 9.17) is 4.74 Å². The van der Waals surface area contributed by atoms with Crippen molar-refractivity contribution in [3.8, 4) is 5.75 Å². The van der Waals surface area contributed by atoms with Crippen molar-refractivity contribution in [3.63, 3.8) is 0 Å². The number of methoxy groups -OCH3 is 1. The SMILES string of the molecule is C=CCNC(=O)C(C)Sc1cccc(OC)c1. The van der Waals surface area contributed by atoms with Gasteiger partial charge in [-0.25, -0.2) is 0 Å². The maximum absolute atomic E-state index is 11.6. The molecule has 92 valence electrons. The molecule has 1 atom stereocenters. The van der Waals surface area contributed by atoms with E-state index in [-0.39, 0.29) is 11.2 Å². The number of benzene rings is 1. The summed E-state index contributed by atoms with van der Waals surface area (Å²) < 4.78 is 5.13. The van der Waals surface area contributed by atoms with E-state index in [1.807, 2.05) is 31.2 Å². The predicted octanol–water partition coefficient (Wildman–Crippen LogP) is 2.48. The number of ether oxygens (including phenoxy) is 1. The van der Waals surface area contributed by atoms with Crippen LogP contribution >= 0.6 is 11.8 Å². The van der Waals surface area contributed by atoms with Gasteiger partial charge in [-0.2, -0.15) is 0 Å². The average Bonchev–Trinajstić information content (AvgIpc) is 2.36. The van der Waals surface area contributed by atoms with E-state index < -0.39 is 0 Å². The maximum atomic E-state index is 11.6. The fourth-order valence-electron chi connectivity index (χ4n) is 1.25. The van der Waals surface area contributed by atoms with E-state index in [0.29, 0.717) is 6.54 Å². The van der Waals surface area contributed by atoms with Gasteiger partial charge in [0.25, 0.3) is 0 Å². The Labute approximate surface area is 106 Å². The number of hydrogen-bond donors (Lipinski definition) is 1. The first-order chi connectivity index (χ1) is 8.17. The Balaban J connectivity index is 2.57. The zero-order chi connectivity index (χ0) is 12.7. The summed E-state index contributed by atoms with van der Waals surface area (Å²) in [5.41, 5.74) is 0. The van der Waals surface area contributed by atoms with Crippen LogP contribution in [-0.4, -0.2) is 24.8 Å². The van der Waals surface area contributed by atoms with Crippen LogP contribution in [0.25, 0.3) is 0 Å². The molecule has 0 bridgehead atoms. The first-order valence-corrected chi connectivity index (χ1v) is 6.24. The molecule has 17 heavy (non-hydrogen) atoms. The molecule has 1 amide bonds. The number of rotatable bonds is 6. The topological polar surface area (TPSA) is 38.3 Å². The number of nitrogens with one attached hydrogen (secondary N) is 1. The second kappa shape index (κ2) is 7.01. The molecule has 0 heterocycles. The minimum Gasteiger partial charge on any atom is -0.497 e. The highest BCUT2D eigenvalue weighted by Gasteiger charge is 2.13. The van der Waals surface area contributed by atoms with E-state index in [9.17, 15) is 4.79 Å². The molecule has 1 aromatic rings. The second-order valence-corrected chi connectivity index (χ2v) is 4.89. The Bertz CT molecular complexity index is 393. The summed E-state index contributed by atoms with van der Waals surface area (Å²) in [4.78, 5) is 12.7. The Morgan fingerprint density at radius 3 is 3.06 bits per heavy atom. The maximum Gasteiger partial charge on any atom is 0.233 e. The third-order valence-corrected chi connectivity index (χ3v) is 3.24. The van der Waals surface area contributed by atoms with Crippen LogP contribution in [0.1, 0.15) is 6.92 Å². The van der Waals surface area contributed by atoms with Crippen LogP contribution in [0.3, 0.4) is 0 Å². The van der Waals surface area contributed by atoms with Crippen LogP contribution in [0.5, 0.6) is 5.75 Å². The van der Waals surface area contributed by atoms with Crippen molar-refractivity contribution in [1.29, 1.82) is 0 Å². The fraction of sp³-hybridized carbons (Fsp3) is 0.308. The lowest BCUT2D eigenvalue weighted by molar-refractivity contribution is -0.120. The standard InChI is InChI=1S/C13H17NO2S/c1-4-8-14-13(15)10(2)17-12-7-5-6-11(9-12)16-3/h4-7,9-10H,1,8H2,2-3H3,(H,14,15). The summed E-state index contributed by atoms with van der Waals surface area (Å²) >= 11 is 1.51. The molecule has 1 rings (SSSR count). The quantitative estimate of drug-likeness (QED) is 0.623. The molecule has 0 aliphatic carbocycles. The van der Waals surface area contributed by atoms with Gasteiger partial charge >= 0.3 is 0 Å². The third-order valence-electron chi connectivity index (χ3n) is 2.14. The molecule has 0 fully saturated rings. The van der Waals surface area contributed by atoms with Gasteiger partial charge in [0.1, 0.15) is 5.75 Å². The highest BCUT2D eigenvalue weighted by molar-refractivity contribution is 8.00. The van der Waals surface area contributed by atoms with Crippen molar-refractivity contribution in [2.24, 2.45) is 0 Å². The molecule has 1 N–H and O–H groups in total. The lowest BCUT2D eigenvalue weighted by Gasteiger charge is -2.11. The molecule has 0 radical (unpaired) electrons. The van der Waals surface area contributed by atoms with Crippen LogP contribution in [0.4, 0.5) is 0 Å². The number of hydrogen-bond acceptors (Lipinski definition) is 3. The zero-order valence-corrected chi connectivity index (χ0v) is 10.9. The molecule has 0 aliphatic heterocycles. The number of carbonyl (C=O) groups excluding carboxylic acids is 1. The first-order valence-electron chi connectivity index (χ1n) is 5.36. The van der Waals surface area contributed by atoms with Crippen LogP contribution in [0, 0.1) is 0 Å². The van der Waals surface area contributed by atoms with Gasteiger partial charge in [-0.1, -0.05) is 12.1 Å². The smallest absolute Gasteiger partial charge is 0.233 e. The molecule has 1 unspecified atom stereocenters. The van der Waals surface area contributed by atoms with Gasteiger partial charge in [-0.05, 0) is 25.1 Å². The fourth-order valence-corrected chi connectivity index (χ4v) is 2.19. The molecule has 0 aliphatic rings. The summed E-state index contributed by atoms with van der Waals surface area (Å²) in [6.45, 7) is 5.94. The molecule has 3 nitrogen and oxygen atoms in total. The second-order valence-electron chi connectivity index (χ2n) is 3.47. The van der Waals surface area contributed by atoms with Crippen LogP contribution in [0.15, 0.2) is 41.8 Å². The van der Waals surface area contributed by atoms with Gasteiger partial charge in [0, 0.05) is 11.4 Å². The molecule has 1 aromatic carbocycles. The largest absolute Gasteiger partial charge is 0.497 e. The minimum absolute atomic E-state index is 0.0118. The average molecular weight is 251 g/mol. The predicted molar refractivity (Wildman–Crippen MR) is 71.5 cm³/mol. The summed E-state index contributed by atoms with van der Waals surface area (Å²) in [7, 11) is 1.63. The third kappa shape index (κ3) is 4.53. The van der Waals surface area contributed by atoms with Gasteiger partial charge in [-0.3, -0.25) is 4.79 Å². The van der Waals surface area contributed by atoms with E-state index in [1.54, 1.807) is 13.2 Å². The Morgan fingerprint density at radius 1 is 1.65 bits per heavy atom. The minimum atomic E-state index is -0.137. The van der Waals surface area contributed by atoms with Gasteiger partial charge in [0.05, 0.1) is 12.4 Å². The number of amides is 1. The van der Waals surface area contributed by atoms with Crippen LogP contribution in [-0.2, 0) is 4.79 Å². The van der Waals surface area contributed by atoms with Crippen molar-refractivity contribution in [2.45, 2.75) is 17.1 Å². The Hall–Kier alpha value is -1.42. The molecular weight excluding hydrogens is 234 g/mol. The number of thioether (sulfide) groups is 1. The van der Waals surface area contributed by atoms with Gasteiger partial charge < -0.3 is 10.1 Å². The van der Waals surface area contributed by atoms with Gasteiger partial charge in [0.2, 0.25) is 5.91 Å². The number of carbonyl (C=O) groups is 1. The highest BCUT2D eigenvalue weighted by atomic mass is 32.2. The van der Waals surface area contributed by atoms with E-state index >= 15 is 0 Å². The van der Waals surface area contributed by atoms with E-state index in [1.165, 1.54) is 11.8 Å². The molecule has 0 aromatic heterocycles. The highest BCUT2D eigenvalue weighted by Crippen LogP contribution is 2.26. The van der Waals surface area contributed by atoms with Crippen molar-refractivity contribution < 1.29 is 9.53 Å². The lowest BCUT2D eigenvalue weighted by Crippen LogP contribution is -2.30. The molecule has 0 saturated heterocycles. The van der Waals surface area contributed by atoms with Crippen molar-refractivity contribution in [1.82, 2.24) is 5.32 Å². The van der Waals surface area contributed by atoms with E-state index in [0.717, 1.165) is 10.6 Å². The van der Waals surface area contributed by atoms with Crippen molar-refractivity contribution in [2.75, 3.05) is 13.7 Å².